The van der Waals surface area contributed by atoms with Crippen molar-refractivity contribution in [2.75, 3.05) is 0 Å². The van der Waals surface area contributed by atoms with Crippen LogP contribution in [0.1, 0.15) is 21.6 Å². The van der Waals surface area contributed by atoms with Gasteiger partial charge in [0.15, 0.2) is 0 Å². The Morgan fingerprint density at radius 2 is 2.32 bits per heavy atom. The summed E-state index contributed by atoms with van der Waals surface area (Å²) in [6.45, 7) is 2.08. The van der Waals surface area contributed by atoms with Crippen LogP contribution >= 0.6 is 15.9 Å². The van der Waals surface area contributed by atoms with Crippen molar-refractivity contribution in [3.63, 3.8) is 0 Å². The first-order valence-electron chi connectivity index (χ1n) is 5.64. The molecule has 5 nitrogen and oxygen atoms in total. The summed E-state index contributed by atoms with van der Waals surface area (Å²) in [6, 6.07) is 5.16. The zero-order chi connectivity index (χ0) is 13.8. The number of amides is 1. The lowest BCUT2D eigenvalue weighted by Gasteiger charge is -2.06. The molecule has 0 aliphatic heterocycles. The Morgan fingerprint density at radius 1 is 1.53 bits per heavy atom. The van der Waals surface area contributed by atoms with Crippen LogP contribution < -0.4 is 10.9 Å². The highest BCUT2D eigenvalue weighted by Crippen LogP contribution is 2.12. The summed E-state index contributed by atoms with van der Waals surface area (Å²) >= 11 is 3.28. The summed E-state index contributed by atoms with van der Waals surface area (Å²) in [4.78, 5) is 30.2. The molecule has 2 aromatic heterocycles. The third-order valence-electron chi connectivity index (χ3n) is 2.60. The van der Waals surface area contributed by atoms with Gasteiger partial charge in [0.05, 0.1) is 0 Å². The second-order valence-corrected chi connectivity index (χ2v) is 4.88. The van der Waals surface area contributed by atoms with Gasteiger partial charge in [0.1, 0.15) is 5.56 Å². The number of aromatic nitrogens is 2. The first-order valence-corrected chi connectivity index (χ1v) is 6.44. The number of hydrogen-bond acceptors (Lipinski definition) is 3. The van der Waals surface area contributed by atoms with Crippen LogP contribution in [0.2, 0.25) is 0 Å². The van der Waals surface area contributed by atoms with Crippen molar-refractivity contribution >= 4 is 21.8 Å². The molecule has 0 radical (unpaired) electrons. The van der Waals surface area contributed by atoms with Gasteiger partial charge in [-0.15, -0.1) is 0 Å². The quantitative estimate of drug-likeness (QED) is 0.904. The molecule has 2 heterocycles. The molecule has 19 heavy (non-hydrogen) atoms. The van der Waals surface area contributed by atoms with E-state index in [9.17, 15) is 9.59 Å². The van der Waals surface area contributed by atoms with Crippen LogP contribution in [0.4, 0.5) is 0 Å². The molecule has 0 bridgehead atoms. The lowest BCUT2D eigenvalue weighted by atomic mass is 10.2. The van der Waals surface area contributed by atoms with Crippen molar-refractivity contribution in [2.45, 2.75) is 13.5 Å². The van der Waals surface area contributed by atoms with Gasteiger partial charge >= 0.3 is 0 Å². The molecule has 2 aromatic rings. The van der Waals surface area contributed by atoms with E-state index in [0.717, 1.165) is 5.56 Å². The van der Waals surface area contributed by atoms with Crippen molar-refractivity contribution in [1.82, 2.24) is 15.3 Å². The molecule has 0 atom stereocenters. The number of pyridine rings is 2. The van der Waals surface area contributed by atoms with Crippen LogP contribution in [-0.4, -0.2) is 15.9 Å². The monoisotopic (exact) mass is 321 g/mol. The maximum Gasteiger partial charge on any atom is 0.261 e. The predicted octanol–water partition coefficient (Wildman–Crippen LogP) is 1.77. The molecule has 0 saturated carbocycles. The normalized spacial score (nSPS) is 10.2. The van der Waals surface area contributed by atoms with E-state index in [0.29, 0.717) is 16.7 Å². The van der Waals surface area contributed by atoms with E-state index in [1.165, 1.54) is 6.07 Å². The van der Waals surface area contributed by atoms with Gasteiger partial charge in [-0.3, -0.25) is 14.6 Å². The van der Waals surface area contributed by atoms with E-state index in [2.05, 4.69) is 31.2 Å². The number of H-pyrrole nitrogens is 1. The molecule has 0 unspecified atom stereocenters. The Balaban J connectivity index is 2.13. The highest BCUT2D eigenvalue weighted by Gasteiger charge is 2.12. The van der Waals surface area contributed by atoms with E-state index in [1.807, 2.05) is 6.07 Å². The number of carbonyl (C=O) groups is 1. The fraction of sp³-hybridized carbons (Fsp3) is 0.154. The summed E-state index contributed by atoms with van der Waals surface area (Å²) < 4.78 is 0.693. The number of carbonyl (C=O) groups excluding carboxylic acids is 1. The number of nitrogens with one attached hydrogen (secondary N) is 2. The molecule has 0 spiro atoms. The first-order chi connectivity index (χ1) is 9.08. The van der Waals surface area contributed by atoms with E-state index in [4.69, 9.17) is 0 Å². The van der Waals surface area contributed by atoms with Gasteiger partial charge in [-0.25, -0.2) is 0 Å². The van der Waals surface area contributed by atoms with Crippen LogP contribution in [0.3, 0.4) is 0 Å². The number of aromatic amines is 1. The van der Waals surface area contributed by atoms with Gasteiger partial charge in [0.2, 0.25) is 0 Å². The van der Waals surface area contributed by atoms with Crippen molar-refractivity contribution in [2.24, 2.45) is 0 Å². The molecule has 98 valence electrons. The second-order valence-electron chi connectivity index (χ2n) is 4.03. The van der Waals surface area contributed by atoms with Crippen molar-refractivity contribution in [1.29, 1.82) is 0 Å². The molecule has 2 N–H and O–H groups in total. The summed E-state index contributed by atoms with van der Waals surface area (Å²) in [6.07, 6.45) is 3.32. The highest BCUT2D eigenvalue weighted by atomic mass is 79.9. The standard InChI is InChI=1S/C13H12BrN3O2/c1-8-11(14)5-10(13(19)17-8)12(18)16-7-9-3-2-4-15-6-9/h2-6H,7H2,1H3,(H,16,18)(H,17,19). The van der Waals surface area contributed by atoms with Crippen molar-refractivity contribution < 1.29 is 4.79 Å². The fourth-order valence-electron chi connectivity index (χ4n) is 1.55. The molecular formula is C13H12BrN3O2. The maximum absolute atomic E-state index is 11.9. The number of rotatable bonds is 3. The van der Waals surface area contributed by atoms with E-state index in [-0.39, 0.29) is 5.56 Å². The number of aryl methyl sites for hydroxylation is 1. The van der Waals surface area contributed by atoms with Crippen LogP contribution in [-0.2, 0) is 6.54 Å². The van der Waals surface area contributed by atoms with E-state index < -0.39 is 11.5 Å². The Hall–Kier alpha value is -1.95. The van der Waals surface area contributed by atoms with Gasteiger partial charge in [0, 0.05) is 29.1 Å². The first kappa shape index (κ1) is 13.5. The van der Waals surface area contributed by atoms with Crippen molar-refractivity contribution in [3.05, 3.63) is 62.2 Å². The van der Waals surface area contributed by atoms with Gasteiger partial charge in [-0.05, 0) is 40.5 Å². The van der Waals surface area contributed by atoms with Gasteiger partial charge < -0.3 is 10.3 Å². The number of nitrogens with zero attached hydrogens (tertiary/aromatic N) is 1. The summed E-state index contributed by atoms with van der Waals surface area (Å²) in [5.74, 6) is -0.411. The van der Waals surface area contributed by atoms with E-state index in [1.54, 1.807) is 25.4 Å². The molecule has 6 heteroatoms. The number of halogens is 1. The molecular weight excluding hydrogens is 310 g/mol. The van der Waals surface area contributed by atoms with Crippen LogP contribution in [0.25, 0.3) is 0 Å². The third kappa shape index (κ3) is 3.29. The second kappa shape index (κ2) is 5.79. The number of hydrogen-bond donors (Lipinski definition) is 2. The largest absolute Gasteiger partial charge is 0.348 e. The smallest absolute Gasteiger partial charge is 0.261 e. The van der Waals surface area contributed by atoms with Crippen LogP contribution in [0, 0.1) is 6.92 Å². The molecule has 0 saturated heterocycles. The minimum atomic E-state index is -0.411. The molecule has 0 fully saturated rings. The Morgan fingerprint density at radius 3 is 3.00 bits per heavy atom. The van der Waals surface area contributed by atoms with E-state index >= 15 is 0 Å². The lowest BCUT2D eigenvalue weighted by Crippen LogP contribution is -2.29. The Kier molecular flexibility index (Phi) is 4.11. The maximum atomic E-state index is 11.9. The minimum absolute atomic E-state index is 0.0846. The average molecular weight is 322 g/mol. The Labute approximate surface area is 118 Å². The van der Waals surface area contributed by atoms with Gasteiger partial charge in [-0.2, -0.15) is 0 Å². The SMILES string of the molecule is Cc1[nH]c(=O)c(C(=O)NCc2cccnc2)cc1Br. The topological polar surface area (TPSA) is 74.8 Å². The zero-order valence-electron chi connectivity index (χ0n) is 10.2. The highest BCUT2D eigenvalue weighted by molar-refractivity contribution is 9.10. The third-order valence-corrected chi connectivity index (χ3v) is 3.42. The molecule has 0 aliphatic rings. The molecule has 0 aliphatic carbocycles. The zero-order valence-corrected chi connectivity index (χ0v) is 11.8. The van der Waals surface area contributed by atoms with Gasteiger partial charge in [0.25, 0.3) is 11.5 Å². The average Bonchev–Trinajstić information content (AvgIpc) is 2.41. The molecule has 0 aromatic carbocycles. The van der Waals surface area contributed by atoms with Crippen molar-refractivity contribution in [3.8, 4) is 0 Å². The summed E-state index contributed by atoms with van der Waals surface area (Å²) in [7, 11) is 0. The van der Waals surface area contributed by atoms with Crippen LogP contribution in [0.15, 0.2) is 39.9 Å². The minimum Gasteiger partial charge on any atom is -0.348 e. The molecule has 2 rings (SSSR count). The lowest BCUT2D eigenvalue weighted by molar-refractivity contribution is 0.0949. The van der Waals surface area contributed by atoms with Crippen LogP contribution in [0.5, 0.6) is 0 Å². The molecule has 1 amide bonds. The summed E-state index contributed by atoms with van der Waals surface area (Å²) in [5.41, 5.74) is 1.25. The predicted molar refractivity (Wildman–Crippen MR) is 74.9 cm³/mol. The van der Waals surface area contributed by atoms with Gasteiger partial charge in [-0.1, -0.05) is 6.07 Å². The fourth-order valence-corrected chi connectivity index (χ4v) is 1.87. The Bertz CT molecular complexity index is 653. The summed E-state index contributed by atoms with van der Waals surface area (Å²) in [5, 5.41) is 2.68.